The van der Waals surface area contributed by atoms with Gasteiger partial charge in [0.15, 0.2) is 10.9 Å². The predicted octanol–water partition coefficient (Wildman–Crippen LogP) is 3.58. The number of rotatable bonds is 10. The van der Waals surface area contributed by atoms with Crippen molar-refractivity contribution in [2.45, 2.75) is 31.0 Å². The summed E-state index contributed by atoms with van der Waals surface area (Å²) >= 11 is 1.49. The number of hydrogen-bond acceptors (Lipinski definition) is 8. The first kappa shape index (κ1) is 24.3. The minimum Gasteiger partial charge on any atom is -0.455 e. The summed E-state index contributed by atoms with van der Waals surface area (Å²) in [6.45, 7) is 7.62. The van der Waals surface area contributed by atoms with Gasteiger partial charge in [0.25, 0.3) is 5.91 Å². The molecule has 2 aromatic heterocycles. The summed E-state index contributed by atoms with van der Waals surface area (Å²) in [6.07, 6.45) is 0. The highest BCUT2D eigenvalue weighted by molar-refractivity contribution is 7.98. The van der Waals surface area contributed by atoms with E-state index in [4.69, 9.17) is 14.1 Å². The van der Waals surface area contributed by atoms with Gasteiger partial charge in [-0.3, -0.25) is 9.69 Å². The van der Waals surface area contributed by atoms with E-state index in [0.717, 1.165) is 44.2 Å². The van der Waals surface area contributed by atoms with Crippen LogP contribution in [0.3, 0.4) is 0 Å². The number of amides is 1. The molecule has 0 unspecified atom stereocenters. The number of nitrogens with one attached hydrogen (secondary N) is 1. The maximum Gasteiger partial charge on any atom is 0.286 e. The molecule has 3 heterocycles. The Bertz CT molecular complexity index is 1070. The lowest BCUT2D eigenvalue weighted by Gasteiger charge is -2.35. The smallest absolute Gasteiger partial charge is 0.286 e. The molecule has 180 valence electrons. The molecule has 8 nitrogen and oxygen atoms in total. The van der Waals surface area contributed by atoms with Crippen LogP contribution < -0.4 is 10.2 Å². The van der Waals surface area contributed by atoms with Gasteiger partial charge in [-0.05, 0) is 24.6 Å². The average molecular weight is 482 g/mol. The van der Waals surface area contributed by atoms with Crippen molar-refractivity contribution in [2.75, 3.05) is 44.7 Å². The van der Waals surface area contributed by atoms with Gasteiger partial charge in [0.2, 0.25) is 0 Å². The van der Waals surface area contributed by atoms with Gasteiger partial charge >= 0.3 is 0 Å². The molecule has 0 radical (unpaired) electrons. The van der Waals surface area contributed by atoms with Crippen molar-refractivity contribution in [3.05, 3.63) is 71.3 Å². The fraction of sp³-hybridized carbons (Fsp3) is 0.400. The minimum atomic E-state index is -0.203. The fourth-order valence-electron chi connectivity index (χ4n) is 3.85. The number of benzene rings is 1. The second-order valence-corrected chi connectivity index (χ2v) is 9.04. The first-order valence-electron chi connectivity index (χ1n) is 11.5. The molecular weight excluding hydrogens is 450 g/mol. The number of anilines is 1. The first-order chi connectivity index (χ1) is 16.6. The van der Waals surface area contributed by atoms with E-state index in [1.807, 2.05) is 19.1 Å². The van der Waals surface area contributed by atoms with E-state index in [9.17, 15) is 4.79 Å². The third-order valence-electron chi connectivity index (χ3n) is 5.55. The van der Waals surface area contributed by atoms with Crippen LogP contribution in [0.4, 0.5) is 5.82 Å². The Labute approximate surface area is 204 Å². The number of aromatic nitrogens is 2. The van der Waals surface area contributed by atoms with Crippen molar-refractivity contribution < 1.29 is 13.9 Å². The summed E-state index contributed by atoms with van der Waals surface area (Å²) in [5, 5.41) is 3.42. The minimum absolute atomic E-state index is 0.203. The number of thioether (sulfide) groups is 1. The lowest BCUT2D eigenvalue weighted by atomic mass is 10.2. The average Bonchev–Trinajstić information content (AvgIpc) is 3.34. The molecule has 4 rings (SSSR count). The molecule has 9 heteroatoms. The highest BCUT2D eigenvalue weighted by atomic mass is 32.2. The van der Waals surface area contributed by atoms with Crippen molar-refractivity contribution >= 4 is 23.5 Å². The van der Waals surface area contributed by atoms with Gasteiger partial charge in [-0.1, -0.05) is 42.1 Å². The van der Waals surface area contributed by atoms with Gasteiger partial charge in [0.1, 0.15) is 11.6 Å². The van der Waals surface area contributed by atoms with Gasteiger partial charge < -0.3 is 19.4 Å². The maximum atomic E-state index is 11.9. The molecule has 1 fully saturated rings. The number of carbonyl (C=O) groups excluding carboxylic acids is 1. The second kappa shape index (κ2) is 12.0. The van der Waals surface area contributed by atoms with E-state index in [0.29, 0.717) is 35.6 Å². The lowest BCUT2D eigenvalue weighted by molar-refractivity contribution is 0.0927. The number of methoxy groups -OCH3 is 1. The molecule has 0 bridgehead atoms. The van der Waals surface area contributed by atoms with Gasteiger partial charge in [0, 0.05) is 52.4 Å². The number of carbonyl (C=O) groups is 1. The van der Waals surface area contributed by atoms with Crippen LogP contribution in [0.25, 0.3) is 0 Å². The van der Waals surface area contributed by atoms with E-state index in [-0.39, 0.29) is 5.91 Å². The number of ether oxygens (including phenoxy) is 1. The van der Waals surface area contributed by atoms with Crippen LogP contribution in [0.5, 0.6) is 0 Å². The quantitative estimate of drug-likeness (QED) is 0.348. The van der Waals surface area contributed by atoms with E-state index in [1.54, 1.807) is 13.2 Å². The topological polar surface area (TPSA) is 83.7 Å². The standard InChI is InChI=1S/C25H31N5O3S/c1-3-26-24(31)22-10-9-21(33-22)18-34-25-27-20(17-32-2)15-23(28-25)30-13-11-29(12-14-30)16-19-7-5-4-6-8-19/h4-10,15H,3,11-14,16-18H2,1-2H3,(H,26,31). The van der Waals surface area contributed by atoms with Crippen LogP contribution >= 0.6 is 11.8 Å². The molecule has 1 amide bonds. The molecule has 1 aliphatic heterocycles. The molecule has 1 saturated heterocycles. The Kier molecular flexibility index (Phi) is 8.56. The maximum absolute atomic E-state index is 11.9. The molecule has 1 aromatic carbocycles. The zero-order chi connectivity index (χ0) is 23.8. The summed E-state index contributed by atoms with van der Waals surface area (Å²) < 4.78 is 11.0. The van der Waals surface area contributed by atoms with E-state index >= 15 is 0 Å². The molecule has 0 aliphatic carbocycles. The Hall–Kier alpha value is -2.88. The zero-order valence-corrected chi connectivity index (χ0v) is 20.5. The van der Waals surface area contributed by atoms with Crippen LogP contribution in [-0.2, 0) is 23.6 Å². The normalized spacial score (nSPS) is 14.4. The van der Waals surface area contributed by atoms with E-state index in [2.05, 4.69) is 50.4 Å². The van der Waals surface area contributed by atoms with E-state index in [1.165, 1.54) is 17.3 Å². The molecule has 34 heavy (non-hydrogen) atoms. The molecule has 0 spiro atoms. The number of nitrogens with zero attached hydrogens (tertiary/aromatic N) is 4. The van der Waals surface area contributed by atoms with Crippen LogP contribution in [0.1, 0.15) is 34.5 Å². The molecule has 0 saturated carbocycles. The zero-order valence-electron chi connectivity index (χ0n) is 19.7. The molecule has 0 atom stereocenters. The van der Waals surface area contributed by atoms with Gasteiger partial charge in [-0.25, -0.2) is 9.97 Å². The Morgan fingerprint density at radius 3 is 2.65 bits per heavy atom. The number of furan rings is 1. The van der Waals surface area contributed by atoms with Crippen molar-refractivity contribution in [2.24, 2.45) is 0 Å². The molecule has 1 N–H and O–H groups in total. The monoisotopic (exact) mass is 481 g/mol. The van der Waals surface area contributed by atoms with Crippen molar-refractivity contribution in [1.29, 1.82) is 0 Å². The number of piperazine rings is 1. The highest BCUT2D eigenvalue weighted by Gasteiger charge is 2.20. The first-order valence-corrected chi connectivity index (χ1v) is 12.5. The predicted molar refractivity (Wildman–Crippen MR) is 133 cm³/mol. The van der Waals surface area contributed by atoms with Gasteiger partial charge in [0.05, 0.1) is 18.1 Å². The van der Waals surface area contributed by atoms with Crippen molar-refractivity contribution in [1.82, 2.24) is 20.2 Å². The summed E-state index contributed by atoms with van der Waals surface area (Å²) in [5.74, 6) is 2.29. The van der Waals surface area contributed by atoms with Crippen LogP contribution in [0.15, 0.2) is 58.1 Å². The summed E-state index contributed by atoms with van der Waals surface area (Å²) in [7, 11) is 1.67. The summed E-state index contributed by atoms with van der Waals surface area (Å²) in [4.78, 5) is 26.2. The second-order valence-electron chi connectivity index (χ2n) is 8.10. The van der Waals surface area contributed by atoms with Crippen LogP contribution in [0.2, 0.25) is 0 Å². The van der Waals surface area contributed by atoms with E-state index < -0.39 is 0 Å². The largest absolute Gasteiger partial charge is 0.455 e. The fourth-order valence-corrected chi connectivity index (χ4v) is 4.61. The van der Waals surface area contributed by atoms with Crippen LogP contribution in [0, 0.1) is 0 Å². The molecule has 1 aliphatic rings. The molecular formula is C25H31N5O3S. The summed E-state index contributed by atoms with van der Waals surface area (Å²) in [6, 6.07) is 16.1. The Balaban J connectivity index is 1.38. The number of hydrogen-bond donors (Lipinski definition) is 1. The third kappa shape index (κ3) is 6.59. The van der Waals surface area contributed by atoms with Gasteiger partial charge in [-0.2, -0.15) is 0 Å². The third-order valence-corrected chi connectivity index (χ3v) is 6.42. The van der Waals surface area contributed by atoms with Gasteiger partial charge in [-0.15, -0.1) is 0 Å². The van der Waals surface area contributed by atoms with Crippen LogP contribution in [-0.4, -0.2) is 60.6 Å². The molecule has 3 aromatic rings. The summed E-state index contributed by atoms with van der Waals surface area (Å²) in [5.41, 5.74) is 2.19. The Morgan fingerprint density at radius 1 is 1.12 bits per heavy atom. The SMILES string of the molecule is CCNC(=O)c1ccc(CSc2nc(COC)cc(N3CCN(Cc4ccccc4)CC3)n2)o1. The lowest BCUT2D eigenvalue weighted by Crippen LogP contribution is -2.46. The van der Waals surface area contributed by atoms with Crippen molar-refractivity contribution in [3.8, 4) is 0 Å². The highest BCUT2D eigenvalue weighted by Crippen LogP contribution is 2.25. The van der Waals surface area contributed by atoms with Crippen molar-refractivity contribution in [3.63, 3.8) is 0 Å². The Morgan fingerprint density at radius 2 is 1.91 bits per heavy atom.